The second-order valence-corrected chi connectivity index (χ2v) is 5.17. The summed E-state index contributed by atoms with van der Waals surface area (Å²) in [6, 6.07) is 0. The van der Waals surface area contributed by atoms with E-state index in [-0.39, 0.29) is 11.1 Å². The van der Waals surface area contributed by atoms with Gasteiger partial charge in [-0.2, -0.15) is 0 Å². The number of imidazole rings is 1. The number of aromatic amines is 3. The molecule has 3 N–H and O–H groups in total. The molecule has 0 spiro atoms. The van der Waals surface area contributed by atoms with Gasteiger partial charge in [-0.1, -0.05) is 37.9 Å². The maximum atomic E-state index is 11.6. The zero-order chi connectivity index (χ0) is 13.0. The Morgan fingerprint density at radius 2 is 1.94 bits per heavy atom. The fourth-order valence-electron chi connectivity index (χ4n) is 1.68. The molecular formula is C11H16N4O2S. The van der Waals surface area contributed by atoms with Crippen LogP contribution in [0, 0.1) is 0 Å². The Labute approximate surface area is 108 Å². The number of thioether (sulfide) groups is 1. The molecule has 0 saturated carbocycles. The number of nitrogens with one attached hydrogen (secondary N) is 3. The van der Waals surface area contributed by atoms with Gasteiger partial charge in [0.1, 0.15) is 0 Å². The molecule has 2 rings (SSSR count). The van der Waals surface area contributed by atoms with Gasteiger partial charge in [0.05, 0.1) is 0 Å². The number of H-pyrrole nitrogens is 3. The van der Waals surface area contributed by atoms with Gasteiger partial charge in [-0.15, -0.1) is 0 Å². The SMILES string of the molecule is CCCCCCSc1nc2[nH]c(=O)[nH]c2c(=O)[nH]1. The quantitative estimate of drug-likeness (QED) is 0.421. The standard InChI is InChI=1S/C11H16N4O2S/c1-2-3-4-5-6-18-11-14-8-7(9(16)15-11)12-10(17)13-8/h2-6H2,1H3,(H3,12,13,14,15,16,17). The van der Waals surface area contributed by atoms with Crippen LogP contribution in [0.1, 0.15) is 32.6 Å². The summed E-state index contributed by atoms with van der Waals surface area (Å²) in [4.78, 5) is 34.5. The van der Waals surface area contributed by atoms with Gasteiger partial charge in [0.25, 0.3) is 5.56 Å². The van der Waals surface area contributed by atoms with Crippen molar-refractivity contribution >= 4 is 22.9 Å². The third kappa shape index (κ3) is 3.04. The Bertz CT molecular complexity index is 628. The Hall–Kier alpha value is -1.50. The van der Waals surface area contributed by atoms with Gasteiger partial charge >= 0.3 is 5.69 Å². The molecule has 0 atom stereocenters. The van der Waals surface area contributed by atoms with Gasteiger partial charge in [-0.3, -0.25) is 19.7 Å². The maximum absolute atomic E-state index is 11.6. The number of hydrogen-bond donors (Lipinski definition) is 3. The minimum atomic E-state index is -0.409. The van der Waals surface area contributed by atoms with Crippen LogP contribution in [0.3, 0.4) is 0 Å². The van der Waals surface area contributed by atoms with Crippen LogP contribution in [0.15, 0.2) is 14.7 Å². The fraction of sp³-hybridized carbons (Fsp3) is 0.545. The first kappa shape index (κ1) is 12.9. The van der Waals surface area contributed by atoms with Crippen LogP contribution in [0.25, 0.3) is 11.2 Å². The molecule has 7 heteroatoms. The predicted octanol–water partition coefficient (Wildman–Crippen LogP) is 1.61. The molecule has 0 saturated heterocycles. The number of aromatic nitrogens is 4. The lowest BCUT2D eigenvalue weighted by Crippen LogP contribution is -2.09. The van der Waals surface area contributed by atoms with E-state index in [1.165, 1.54) is 31.0 Å². The lowest BCUT2D eigenvalue weighted by atomic mass is 10.2. The predicted molar refractivity (Wildman–Crippen MR) is 72.2 cm³/mol. The summed E-state index contributed by atoms with van der Waals surface area (Å²) >= 11 is 1.51. The van der Waals surface area contributed by atoms with Crippen molar-refractivity contribution in [2.75, 3.05) is 5.75 Å². The molecule has 18 heavy (non-hydrogen) atoms. The minimum Gasteiger partial charge on any atom is -0.300 e. The largest absolute Gasteiger partial charge is 0.325 e. The highest BCUT2D eigenvalue weighted by Crippen LogP contribution is 2.15. The summed E-state index contributed by atoms with van der Waals surface area (Å²) in [7, 11) is 0. The zero-order valence-electron chi connectivity index (χ0n) is 10.2. The summed E-state index contributed by atoms with van der Waals surface area (Å²) in [6.07, 6.45) is 4.73. The molecule has 2 aromatic rings. The topological polar surface area (TPSA) is 94.4 Å². The summed E-state index contributed by atoms with van der Waals surface area (Å²) in [6.45, 7) is 2.17. The first-order chi connectivity index (χ1) is 8.70. The minimum absolute atomic E-state index is 0.204. The summed E-state index contributed by atoms with van der Waals surface area (Å²) in [5.74, 6) is 0.920. The highest BCUT2D eigenvalue weighted by molar-refractivity contribution is 7.99. The van der Waals surface area contributed by atoms with E-state index in [4.69, 9.17) is 0 Å². The van der Waals surface area contributed by atoms with Crippen LogP contribution in [-0.2, 0) is 0 Å². The number of fused-ring (bicyclic) bond motifs is 1. The van der Waals surface area contributed by atoms with Crippen molar-refractivity contribution in [1.82, 2.24) is 19.9 Å². The normalized spacial score (nSPS) is 11.2. The van der Waals surface area contributed by atoms with Crippen molar-refractivity contribution in [2.24, 2.45) is 0 Å². The maximum Gasteiger partial charge on any atom is 0.325 e. The van der Waals surface area contributed by atoms with Crippen LogP contribution in [0.5, 0.6) is 0 Å². The zero-order valence-corrected chi connectivity index (χ0v) is 11.0. The summed E-state index contributed by atoms with van der Waals surface area (Å²) in [5, 5.41) is 0.555. The van der Waals surface area contributed by atoms with Crippen LogP contribution in [0.2, 0.25) is 0 Å². The molecule has 0 unspecified atom stereocenters. The Kier molecular flexibility index (Phi) is 4.24. The van der Waals surface area contributed by atoms with Crippen molar-refractivity contribution in [2.45, 2.75) is 37.8 Å². The highest BCUT2D eigenvalue weighted by atomic mass is 32.2. The molecule has 0 aromatic carbocycles. The lowest BCUT2D eigenvalue weighted by Gasteiger charge is -2.00. The molecule has 2 aromatic heterocycles. The third-order valence-corrected chi connectivity index (χ3v) is 3.56. The molecule has 2 heterocycles. The Morgan fingerprint density at radius 3 is 2.72 bits per heavy atom. The van der Waals surface area contributed by atoms with E-state index in [1.807, 2.05) is 0 Å². The van der Waals surface area contributed by atoms with Crippen molar-refractivity contribution < 1.29 is 0 Å². The van der Waals surface area contributed by atoms with Gasteiger partial charge in [0.15, 0.2) is 16.3 Å². The van der Waals surface area contributed by atoms with Gasteiger partial charge in [0.2, 0.25) is 0 Å². The third-order valence-electron chi connectivity index (χ3n) is 2.60. The van der Waals surface area contributed by atoms with E-state index in [0.29, 0.717) is 10.8 Å². The Balaban J connectivity index is 2.05. The van der Waals surface area contributed by atoms with Crippen molar-refractivity contribution in [3.63, 3.8) is 0 Å². The van der Waals surface area contributed by atoms with E-state index in [0.717, 1.165) is 12.2 Å². The van der Waals surface area contributed by atoms with Gasteiger partial charge in [-0.25, -0.2) is 9.78 Å². The van der Waals surface area contributed by atoms with E-state index >= 15 is 0 Å². The molecule has 0 aliphatic heterocycles. The first-order valence-corrected chi connectivity index (χ1v) is 7.04. The van der Waals surface area contributed by atoms with Gasteiger partial charge in [0, 0.05) is 5.75 Å². The number of unbranched alkanes of at least 4 members (excludes halogenated alkanes) is 3. The second-order valence-electron chi connectivity index (χ2n) is 4.08. The average Bonchev–Trinajstić information content (AvgIpc) is 2.70. The molecule has 0 fully saturated rings. The lowest BCUT2D eigenvalue weighted by molar-refractivity contribution is 0.706. The molecule has 0 bridgehead atoms. The van der Waals surface area contributed by atoms with E-state index in [9.17, 15) is 9.59 Å². The van der Waals surface area contributed by atoms with Gasteiger partial charge < -0.3 is 0 Å². The summed E-state index contributed by atoms with van der Waals surface area (Å²) in [5.41, 5.74) is -0.197. The average molecular weight is 268 g/mol. The fourth-order valence-corrected chi connectivity index (χ4v) is 2.54. The van der Waals surface area contributed by atoms with Crippen LogP contribution < -0.4 is 11.2 Å². The number of nitrogens with zero attached hydrogens (tertiary/aromatic N) is 1. The molecule has 0 radical (unpaired) electrons. The molecule has 0 aliphatic rings. The van der Waals surface area contributed by atoms with Crippen LogP contribution in [-0.4, -0.2) is 25.7 Å². The number of rotatable bonds is 6. The first-order valence-electron chi connectivity index (χ1n) is 6.06. The monoisotopic (exact) mass is 268 g/mol. The van der Waals surface area contributed by atoms with Gasteiger partial charge in [-0.05, 0) is 6.42 Å². The van der Waals surface area contributed by atoms with Crippen molar-refractivity contribution in [1.29, 1.82) is 0 Å². The van der Waals surface area contributed by atoms with Crippen molar-refractivity contribution in [3.05, 3.63) is 20.8 Å². The van der Waals surface area contributed by atoms with E-state index in [2.05, 4.69) is 26.9 Å². The molecule has 6 nitrogen and oxygen atoms in total. The molecule has 0 amide bonds. The number of hydrogen-bond acceptors (Lipinski definition) is 4. The highest BCUT2D eigenvalue weighted by Gasteiger charge is 2.06. The molecule has 0 aliphatic carbocycles. The molecule has 98 valence electrons. The Morgan fingerprint density at radius 1 is 1.11 bits per heavy atom. The van der Waals surface area contributed by atoms with E-state index in [1.54, 1.807) is 0 Å². The van der Waals surface area contributed by atoms with E-state index < -0.39 is 5.69 Å². The smallest absolute Gasteiger partial charge is 0.300 e. The second kappa shape index (κ2) is 5.90. The summed E-state index contributed by atoms with van der Waals surface area (Å²) < 4.78 is 0. The van der Waals surface area contributed by atoms with Crippen molar-refractivity contribution in [3.8, 4) is 0 Å². The van der Waals surface area contributed by atoms with Crippen LogP contribution in [0.4, 0.5) is 0 Å². The molecular weight excluding hydrogens is 252 g/mol. The van der Waals surface area contributed by atoms with Crippen LogP contribution >= 0.6 is 11.8 Å².